The first kappa shape index (κ1) is 21.6. The molecular formula is C22H24N2O5S. The molecule has 0 atom stereocenters. The SMILES string of the molecule is COc1ccc(C)cc1NC(=O)CCS(=O)(=O)c1cc(-c2cc(C)no2)ccc1C. The van der Waals surface area contributed by atoms with Gasteiger partial charge in [0.2, 0.25) is 5.91 Å². The van der Waals surface area contributed by atoms with Crippen molar-refractivity contribution in [2.75, 3.05) is 18.2 Å². The minimum atomic E-state index is -3.68. The zero-order valence-electron chi connectivity index (χ0n) is 17.4. The normalized spacial score (nSPS) is 11.3. The van der Waals surface area contributed by atoms with E-state index in [1.54, 1.807) is 50.2 Å². The van der Waals surface area contributed by atoms with Crippen LogP contribution in [0.1, 0.15) is 23.2 Å². The first-order chi connectivity index (χ1) is 14.2. The minimum Gasteiger partial charge on any atom is -0.495 e. The number of nitrogens with zero attached hydrogens (tertiary/aromatic N) is 1. The van der Waals surface area contributed by atoms with Crippen molar-refractivity contribution in [1.82, 2.24) is 5.16 Å². The maximum Gasteiger partial charge on any atom is 0.225 e. The minimum absolute atomic E-state index is 0.176. The molecule has 7 nitrogen and oxygen atoms in total. The number of methoxy groups -OCH3 is 1. The van der Waals surface area contributed by atoms with E-state index in [0.29, 0.717) is 34.0 Å². The van der Waals surface area contributed by atoms with Crippen molar-refractivity contribution in [3.05, 3.63) is 59.3 Å². The molecule has 0 spiro atoms. The van der Waals surface area contributed by atoms with E-state index in [0.717, 1.165) is 5.56 Å². The van der Waals surface area contributed by atoms with Crippen LogP contribution in [0.4, 0.5) is 5.69 Å². The Labute approximate surface area is 176 Å². The smallest absolute Gasteiger partial charge is 0.225 e. The Balaban J connectivity index is 1.75. The number of hydrogen-bond acceptors (Lipinski definition) is 6. The Morgan fingerprint density at radius 2 is 1.87 bits per heavy atom. The van der Waals surface area contributed by atoms with Crippen LogP contribution in [0.2, 0.25) is 0 Å². The number of carbonyl (C=O) groups excluding carboxylic acids is 1. The number of anilines is 1. The summed E-state index contributed by atoms with van der Waals surface area (Å²) < 4.78 is 36.3. The van der Waals surface area contributed by atoms with Crippen molar-refractivity contribution in [1.29, 1.82) is 0 Å². The fourth-order valence-corrected chi connectivity index (χ4v) is 4.60. The molecule has 0 radical (unpaired) electrons. The molecule has 0 aliphatic rings. The number of aromatic nitrogens is 1. The Kier molecular flexibility index (Phi) is 6.26. The molecule has 0 bridgehead atoms. The number of benzene rings is 2. The number of aryl methyl sites for hydroxylation is 3. The largest absolute Gasteiger partial charge is 0.495 e. The summed E-state index contributed by atoms with van der Waals surface area (Å²) in [6, 6.07) is 12.2. The van der Waals surface area contributed by atoms with E-state index in [2.05, 4.69) is 10.5 Å². The van der Waals surface area contributed by atoms with Gasteiger partial charge in [-0.05, 0) is 50.1 Å². The van der Waals surface area contributed by atoms with Crippen molar-refractivity contribution < 1.29 is 22.5 Å². The summed E-state index contributed by atoms with van der Waals surface area (Å²) in [6.07, 6.45) is -0.176. The van der Waals surface area contributed by atoms with E-state index in [4.69, 9.17) is 9.26 Å². The Hall–Kier alpha value is -3.13. The topological polar surface area (TPSA) is 98.5 Å². The standard InChI is InChI=1S/C22H24N2O5S/c1-14-5-8-19(28-4)18(11-14)23-22(25)9-10-30(26,27)21-13-17(7-6-15(21)2)20-12-16(3)24-29-20/h5-8,11-13H,9-10H2,1-4H3,(H,23,25). The van der Waals surface area contributed by atoms with Crippen LogP contribution < -0.4 is 10.1 Å². The van der Waals surface area contributed by atoms with Crippen molar-refractivity contribution in [2.24, 2.45) is 0 Å². The number of rotatable bonds is 7. The van der Waals surface area contributed by atoms with E-state index in [9.17, 15) is 13.2 Å². The lowest BCUT2D eigenvalue weighted by atomic mass is 10.1. The number of sulfone groups is 1. The van der Waals surface area contributed by atoms with Gasteiger partial charge in [0.05, 0.1) is 29.1 Å². The molecule has 1 amide bonds. The molecule has 0 unspecified atom stereocenters. The maximum absolute atomic E-state index is 12.9. The lowest BCUT2D eigenvalue weighted by Gasteiger charge is -2.12. The zero-order valence-corrected chi connectivity index (χ0v) is 18.2. The van der Waals surface area contributed by atoms with Crippen LogP contribution in [-0.2, 0) is 14.6 Å². The number of hydrogen-bond donors (Lipinski definition) is 1. The van der Waals surface area contributed by atoms with E-state index < -0.39 is 15.7 Å². The van der Waals surface area contributed by atoms with Gasteiger partial charge in [-0.25, -0.2) is 8.42 Å². The molecule has 3 rings (SSSR count). The van der Waals surface area contributed by atoms with Gasteiger partial charge in [0.1, 0.15) is 5.75 Å². The fraction of sp³-hybridized carbons (Fsp3) is 0.273. The zero-order chi connectivity index (χ0) is 21.9. The molecule has 0 aliphatic heterocycles. The van der Waals surface area contributed by atoms with Crippen LogP contribution in [0.3, 0.4) is 0 Å². The van der Waals surface area contributed by atoms with Crippen LogP contribution in [0, 0.1) is 20.8 Å². The van der Waals surface area contributed by atoms with Crippen LogP contribution in [0.25, 0.3) is 11.3 Å². The highest BCUT2D eigenvalue weighted by molar-refractivity contribution is 7.91. The highest BCUT2D eigenvalue weighted by Crippen LogP contribution is 2.28. The van der Waals surface area contributed by atoms with Crippen LogP contribution in [-0.4, -0.2) is 32.3 Å². The van der Waals surface area contributed by atoms with Gasteiger partial charge >= 0.3 is 0 Å². The predicted molar refractivity (Wildman–Crippen MR) is 114 cm³/mol. The summed E-state index contributed by atoms with van der Waals surface area (Å²) in [4.78, 5) is 12.6. The van der Waals surface area contributed by atoms with Crippen molar-refractivity contribution in [3.63, 3.8) is 0 Å². The molecule has 8 heteroatoms. The average molecular weight is 429 g/mol. The number of carbonyl (C=O) groups is 1. The summed E-state index contributed by atoms with van der Waals surface area (Å²) in [6.45, 7) is 5.41. The van der Waals surface area contributed by atoms with Gasteiger partial charge in [0, 0.05) is 18.1 Å². The van der Waals surface area contributed by atoms with Gasteiger partial charge in [-0.1, -0.05) is 23.4 Å². The molecule has 0 saturated carbocycles. The third kappa shape index (κ3) is 4.88. The molecule has 0 aliphatic carbocycles. The lowest BCUT2D eigenvalue weighted by Crippen LogP contribution is -2.18. The van der Waals surface area contributed by atoms with Gasteiger partial charge in [-0.2, -0.15) is 0 Å². The number of amides is 1. The Morgan fingerprint density at radius 1 is 1.10 bits per heavy atom. The molecule has 3 aromatic rings. The summed E-state index contributed by atoms with van der Waals surface area (Å²) in [5.41, 5.74) is 3.40. The maximum atomic E-state index is 12.9. The van der Waals surface area contributed by atoms with E-state index in [1.165, 1.54) is 7.11 Å². The second kappa shape index (κ2) is 8.71. The summed E-state index contributed by atoms with van der Waals surface area (Å²) in [7, 11) is -2.17. The summed E-state index contributed by atoms with van der Waals surface area (Å²) >= 11 is 0. The van der Waals surface area contributed by atoms with Crippen LogP contribution in [0.5, 0.6) is 5.75 Å². The van der Waals surface area contributed by atoms with Gasteiger partial charge in [0.25, 0.3) is 0 Å². The van der Waals surface area contributed by atoms with Gasteiger partial charge in [0.15, 0.2) is 15.6 Å². The quantitative estimate of drug-likeness (QED) is 0.609. The summed E-state index contributed by atoms with van der Waals surface area (Å²) in [5.74, 6) is 0.297. The first-order valence-corrected chi connectivity index (χ1v) is 11.1. The molecular weight excluding hydrogens is 404 g/mol. The molecule has 2 aromatic carbocycles. The molecule has 1 heterocycles. The molecule has 158 valence electrons. The second-order valence-electron chi connectivity index (χ2n) is 7.13. The van der Waals surface area contributed by atoms with Crippen LogP contribution in [0.15, 0.2) is 51.9 Å². The number of nitrogens with one attached hydrogen (secondary N) is 1. The van der Waals surface area contributed by atoms with Crippen molar-refractivity contribution in [3.8, 4) is 17.1 Å². The van der Waals surface area contributed by atoms with Crippen molar-refractivity contribution in [2.45, 2.75) is 32.1 Å². The molecule has 0 fully saturated rings. The Morgan fingerprint density at radius 3 is 2.53 bits per heavy atom. The first-order valence-electron chi connectivity index (χ1n) is 9.41. The van der Waals surface area contributed by atoms with Gasteiger partial charge in [-0.3, -0.25) is 4.79 Å². The van der Waals surface area contributed by atoms with E-state index in [-0.39, 0.29) is 17.1 Å². The Bertz CT molecular complexity index is 1180. The predicted octanol–water partition coefficient (Wildman–Crippen LogP) is 4.08. The molecule has 1 aromatic heterocycles. The highest BCUT2D eigenvalue weighted by Gasteiger charge is 2.21. The third-order valence-electron chi connectivity index (χ3n) is 4.66. The second-order valence-corrected chi connectivity index (χ2v) is 9.21. The van der Waals surface area contributed by atoms with Crippen LogP contribution >= 0.6 is 0 Å². The molecule has 30 heavy (non-hydrogen) atoms. The number of ether oxygens (including phenoxy) is 1. The molecule has 1 N–H and O–H groups in total. The fourth-order valence-electron chi connectivity index (χ4n) is 3.06. The van der Waals surface area contributed by atoms with Gasteiger partial charge < -0.3 is 14.6 Å². The van der Waals surface area contributed by atoms with Gasteiger partial charge in [-0.15, -0.1) is 0 Å². The monoisotopic (exact) mass is 428 g/mol. The lowest BCUT2D eigenvalue weighted by molar-refractivity contribution is -0.115. The molecule has 0 saturated heterocycles. The van der Waals surface area contributed by atoms with E-state index in [1.807, 2.05) is 13.0 Å². The average Bonchev–Trinajstić information content (AvgIpc) is 3.13. The van der Waals surface area contributed by atoms with Crippen molar-refractivity contribution >= 4 is 21.4 Å². The summed E-state index contributed by atoms with van der Waals surface area (Å²) in [5, 5.41) is 6.57. The van der Waals surface area contributed by atoms with E-state index >= 15 is 0 Å². The highest BCUT2D eigenvalue weighted by atomic mass is 32.2. The third-order valence-corrected chi connectivity index (χ3v) is 6.51.